The van der Waals surface area contributed by atoms with Crippen LogP contribution >= 0.6 is 0 Å². The minimum atomic E-state index is -3.03. The number of pyridine rings is 2. The van der Waals surface area contributed by atoms with Gasteiger partial charge in [-0.25, -0.2) is 18.1 Å². The number of aromatic nitrogens is 4. The summed E-state index contributed by atoms with van der Waals surface area (Å²) in [7, 11) is -3.03. The molecule has 1 unspecified atom stereocenters. The summed E-state index contributed by atoms with van der Waals surface area (Å²) in [5.74, 6) is 0.826. The van der Waals surface area contributed by atoms with Gasteiger partial charge in [0.05, 0.1) is 46.9 Å². The zero-order valence-corrected chi connectivity index (χ0v) is 21.0. The third-order valence-electron chi connectivity index (χ3n) is 6.57. The van der Waals surface area contributed by atoms with Crippen LogP contribution in [0.4, 0.5) is 5.69 Å². The van der Waals surface area contributed by atoms with Crippen molar-refractivity contribution < 1.29 is 13.5 Å². The Morgan fingerprint density at radius 1 is 1.08 bits per heavy atom. The third kappa shape index (κ3) is 4.84. The van der Waals surface area contributed by atoms with Gasteiger partial charge in [0.2, 0.25) is 0 Å². The first-order chi connectivity index (χ1) is 17.4. The molecule has 3 N–H and O–H groups in total. The largest absolute Gasteiger partial charge is 0.390 e. The summed E-state index contributed by atoms with van der Waals surface area (Å²) in [6, 6.07) is 15.3. The van der Waals surface area contributed by atoms with E-state index < -0.39 is 9.84 Å². The van der Waals surface area contributed by atoms with Gasteiger partial charge in [0, 0.05) is 35.8 Å². The van der Waals surface area contributed by atoms with E-state index in [-0.39, 0.29) is 24.2 Å². The lowest BCUT2D eigenvalue weighted by Gasteiger charge is -2.29. The molecular formula is C26H30N6O3S. The molecule has 1 saturated heterocycles. The quantitative estimate of drug-likeness (QED) is 0.392. The molecule has 1 aromatic carbocycles. The van der Waals surface area contributed by atoms with Crippen molar-refractivity contribution in [1.82, 2.24) is 19.7 Å². The normalized spacial score (nSPS) is 16.4. The van der Waals surface area contributed by atoms with E-state index in [0.717, 1.165) is 46.4 Å². The second-order valence-electron chi connectivity index (χ2n) is 9.11. The van der Waals surface area contributed by atoms with Crippen molar-refractivity contribution in [2.45, 2.75) is 32.4 Å². The summed E-state index contributed by atoms with van der Waals surface area (Å²) in [6.07, 6.45) is 3.61. The third-order valence-corrected chi connectivity index (χ3v) is 8.18. The highest BCUT2D eigenvalue weighted by molar-refractivity contribution is 7.91. The van der Waals surface area contributed by atoms with Gasteiger partial charge in [-0.15, -0.1) is 0 Å². The fraction of sp³-hybridized carbons (Fsp3) is 0.346. The highest BCUT2D eigenvalue weighted by Gasteiger charge is 2.25. The summed E-state index contributed by atoms with van der Waals surface area (Å²) >= 11 is 0. The Kier molecular flexibility index (Phi) is 6.74. The van der Waals surface area contributed by atoms with Crippen molar-refractivity contribution in [3.63, 3.8) is 0 Å². The maximum Gasteiger partial charge on any atom is 0.154 e. The summed E-state index contributed by atoms with van der Waals surface area (Å²) in [6.45, 7) is 2.77. The highest BCUT2D eigenvalue weighted by atomic mass is 32.2. The number of fused-ring (bicyclic) bond motifs is 1. The maximum atomic E-state index is 12.1. The lowest BCUT2D eigenvalue weighted by atomic mass is 10.0. The van der Waals surface area contributed by atoms with E-state index in [9.17, 15) is 13.5 Å². The van der Waals surface area contributed by atoms with E-state index in [0.29, 0.717) is 24.6 Å². The van der Waals surface area contributed by atoms with Crippen molar-refractivity contribution in [3.05, 3.63) is 66.1 Å². The van der Waals surface area contributed by atoms with E-state index in [1.807, 2.05) is 36.4 Å². The molecule has 0 saturated carbocycles. The van der Waals surface area contributed by atoms with Crippen molar-refractivity contribution in [2.75, 3.05) is 29.5 Å². The Labute approximate surface area is 210 Å². The van der Waals surface area contributed by atoms with Gasteiger partial charge in [-0.3, -0.25) is 4.98 Å². The van der Waals surface area contributed by atoms with E-state index in [1.165, 1.54) is 0 Å². The minimum Gasteiger partial charge on any atom is -0.390 e. The van der Waals surface area contributed by atoms with E-state index in [4.69, 9.17) is 10.7 Å². The number of nitrogens with zero attached hydrogens (tertiary/aromatic N) is 5. The number of anilines is 1. The van der Waals surface area contributed by atoms with Crippen LogP contribution < -0.4 is 10.6 Å². The van der Waals surface area contributed by atoms with E-state index in [1.54, 1.807) is 16.9 Å². The Hall–Kier alpha value is -3.34. The molecule has 0 spiro atoms. The highest BCUT2D eigenvalue weighted by Crippen LogP contribution is 2.35. The Morgan fingerprint density at radius 3 is 2.61 bits per heavy atom. The molecule has 10 heteroatoms. The average Bonchev–Trinajstić information content (AvgIpc) is 3.33. The number of hydrogen-bond acceptors (Lipinski definition) is 8. The summed E-state index contributed by atoms with van der Waals surface area (Å²) in [5.41, 5.74) is 11.1. The van der Waals surface area contributed by atoms with Crippen LogP contribution in [0, 0.1) is 0 Å². The van der Waals surface area contributed by atoms with E-state index >= 15 is 0 Å². The van der Waals surface area contributed by atoms with Gasteiger partial charge in [0.15, 0.2) is 15.7 Å². The standard InChI is InChI=1S/C26H30N6O3S/c1-2-5-21(27)23-8-4-7-22(30-23)18-14-24(31-10-12-36(34,35)13-11-31)20-16-28-32(25(20)15-18)26-9-3-6-19(17-33)29-26/h3-4,6-9,14-16,21,33H,2,5,10-13,17,27H2,1H3. The van der Waals surface area contributed by atoms with Gasteiger partial charge < -0.3 is 15.7 Å². The molecule has 4 aromatic rings. The first-order valence-corrected chi connectivity index (χ1v) is 14.0. The molecule has 0 amide bonds. The molecule has 4 heterocycles. The predicted octanol–water partition coefficient (Wildman–Crippen LogP) is 3.01. The number of nitrogens with two attached hydrogens (primary N) is 1. The molecule has 0 bridgehead atoms. The SMILES string of the molecule is CCCC(N)c1cccc(-c2cc(N3CCS(=O)(=O)CC3)c3cnn(-c4cccc(CO)n4)c3c2)n1. The van der Waals surface area contributed by atoms with Crippen molar-refractivity contribution in [2.24, 2.45) is 5.73 Å². The molecule has 1 aliphatic rings. The first kappa shape index (κ1) is 24.4. The summed E-state index contributed by atoms with van der Waals surface area (Å²) < 4.78 is 25.9. The van der Waals surface area contributed by atoms with Gasteiger partial charge in [0.1, 0.15) is 0 Å². The Balaban J connectivity index is 1.67. The topological polar surface area (TPSA) is 127 Å². The molecule has 36 heavy (non-hydrogen) atoms. The Morgan fingerprint density at radius 2 is 1.86 bits per heavy atom. The minimum absolute atomic E-state index is 0.118. The molecule has 1 aliphatic heterocycles. The molecule has 5 rings (SSSR count). The maximum absolute atomic E-state index is 12.1. The van der Waals surface area contributed by atoms with Gasteiger partial charge in [-0.2, -0.15) is 5.10 Å². The van der Waals surface area contributed by atoms with Gasteiger partial charge in [-0.05, 0) is 42.8 Å². The lowest BCUT2D eigenvalue weighted by Crippen LogP contribution is -2.40. The second kappa shape index (κ2) is 9.96. The zero-order chi connectivity index (χ0) is 25.3. The van der Waals surface area contributed by atoms with Crippen LogP contribution in [0.2, 0.25) is 0 Å². The number of aliphatic hydroxyl groups excluding tert-OH is 1. The average molecular weight is 507 g/mol. The fourth-order valence-electron chi connectivity index (χ4n) is 4.60. The van der Waals surface area contributed by atoms with Crippen LogP contribution in [0.3, 0.4) is 0 Å². The molecule has 0 aliphatic carbocycles. The van der Waals surface area contributed by atoms with Crippen molar-refractivity contribution in [1.29, 1.82) is 0 Å². The predicted molar refractivity (Wildman–Crippen MR) is 141 cm³/mol. The Bertz CT molecular complexity index is 1490. The van der Waals surface area contributed by atoms with E-state index in [2.05, 4.69) is 28.0 Å². The van der Waals surface area contributed by atoms with Crippen LogP contribution in [0.15, 0.2) is 54.7 Å². The summed E-state index contributed by atoms with van der Waals surface area (Å²) in [4.78, 5) is 11.5. The first-order valence-electron chi connectivity index (χ1n) is 12.2. The summed E-state index contributed by atoms with van der Waals surface area (Å²) in [5, 5.41) is 15.1. The monoisotopic (exact) mass is 506 g/mol. The van der Waals surface area contributed by atoms with Crippen LogP contribution in [-0.4, -0.2) is 57.9 Å². The zero-order valence-electron chi connectivity index (χ0n) is 20.2. The smallest absolute Gasteiger partial charge is 0.154 e. The molecule has 3 aromatic heterocycles. The van der Waals surface area contributed by atoms with Crippen LogP contribution in [0.5, 0.6) is 0 Å². The lowest BCUT2D eigenvalue weighted by molar-refractivity contribution is 0.276. The molecule has 9 nitrogen and oxygen atoms in total. The molecule has 0 radical (unpaired) electrons. The van der Waals surface area contributed by atoms with Crippen LogP contribution in [0.1, 0.15) is 37.2 Å². The van der Waals surface area contributed by atoms with Gasteiger partial charge in [0.25, 0.3) is 0 Å². The fourth-order valence-corrected chi connectivity index (χ4v) is 5.81. The van der Waals surface area contributed by atoms with Crippen molar-refractivity contribution in [3.8, 4) is 17.1 Å². The number of hydrogen-bond donors (Lipinski definition) is 2. The number of sulfone groups is 1. The van der Waals surface area contributed by atoms with Gasteiger partial charge in [-0.1, -0.05) is 25.5 Å². The molecule has 1 atom stereocenters. The molecular weight excluding hydrogens is 476 g/mol. The molecule has 1 fully saturated rings. The number of aliphatic hydroxyl groups is 1. The van der Waals surface area contributed by atoms with Gasteiger partial charge >= 0.3 is 0 Å². The van der Waals surface area contributed by atoms with Crippen LogP contribution in [-0.2, 0) is 16.4 Å². The molecule has 188 valence electrons. The van der Waals surface area contributed by atoms with Crippen LogP contribution in [0.25, 0.3) is 28.0 Å². The number of benzene rings is 1. The second-order valence-corrected chi connectivity index (χ2v) is 11.4. The number of rotatable bonds is 7. The van der Waals surface area contributed by atoms with Crippen molar-refractivity contribution >= 4 is 26.4 Å².